The molecule has 0 saturated heterocycles. The molecular formula is C24H23BrN4O4. The van der Waals surface area contributed by atoms with Crippen LogP contribution in [0.2, 0.25) is 0 Å². The van der Waals surface area contributed by atoms with E-state index in [4.69, 9.17) is 20.5 Å². The molecule has 0 bridgehead atoms. The quantitative estimate of drug-likeness (QED) is 0.636. The van der Waals surface area contributed by atoms with Gasteiger partial charge in [0, 0.05) is 28.1 Å². The highest BCUT2D eigenvalue weighted by Crippen LogP contribution is 2.56. The molecule has 8 nitrogen and oxygen atoms in total. The lowest BCUT2D eigenvalue weighted by Crippen LogP contribution is -2.58. The standard InChI is InChI=1S/C24H23BrN4O4/c25-19-2-1-13(5-14(19)11-26)22(31)28-16-7-24(8-16)9-17(10-24)33-23-18(21(27)30)6-15-12-32-4-3-20(15)29-23/h1-2,5-6,16-17H,3-4,7-10,12H2,(H2,27,30)(H,28,31)/t16-,17-,24?. The minimum absolute atomic E-state index is 0.0187. The number of nitrogens with one attached hydrogen (secondary N) is 1. The number of hydrogen-bond acceptors (Lipinski definition) is 6. The maximum atomic E-state index is 12.5. The van der Waals surface area contributed by atoms with E-state index in [9.17, 15) is 9.59 Å². The van der Waals surface area contributed by atoms with Gasteiger partial charge in [-0.3, -0.25) is 9.59 Å². The first-order valence-electron chi connectivity index (χ1n) is 10.9. The van der Waals surface area contributed by atoms with Crippen molar-refractivity contribution in [1.82, 2.24) is 10.3 Å². The third kappa shape index (κ3) is 4.21. The summed E-state index contributed by atoms with van der Waals surface area (Å²) >= 11 is 3.31. The first-order valence-corrected chi connectivity index (χ1v) is 11.7. The van der Waals surface area contributed by atoms with E-state index in [-0.39, 0.29) is 23.5 Å². The average Bonchev–Trinajstić information content (AvgIpc) is 2.75. The van der Waals surface area contributed by atoms with Crippen LogP contribution in [0.25, 0.3) is 0 Å². The minimum atomic E-state index is -0.557. The highest BCUT2D eigenvalue weighted by Gasteiger charge is 2.54. The van der Waals surface area contributed by atoms with Gasteiger partial charge < -0.3 is 20.5 Å². The van der Waals surface area contributed by atoms with Crippen LogP contribution >= 0.6 is 15.9 Å². The third-order valence-corrected chi connectivity index (χ3v) is 7.50. The number of fused-ring (bicyclic) bond motifs is 1. The largest absolute Gasteiger partial charge is 0.474 e. The van der Waals surface area contributed by atoms with Crippen molar-refractivity contribution in [1.29, 1.82) is 5.26 Å². The summed E-state index contributed by atoms with van der Waals surface area (Å²) in [5, 5.41) is 12.2. The lowest BCUT2D eigenvalue weighted by Gasteiger charge is -2.57. The summed E-state index contributed by atoms with van der Waals surface area (Å²) in [6.07, 6.45) is 4.16. The van der Waals surface area contributed by atoms with Gasteiger partial charge in [0.25, 0.3) is 11.8 Å². The molecule has 2 aromatic rings. The Kier molecular flexibility index (Phi) is 5.59. The van der Waals surface area contributed by atoms with Gasteiger partial charge in [-0.2, -0.15) is 5.26 Å². The van der Waals surface area contributed by atoms with Gasteiger partial charge in [-0.25, -0.2) is 4.98 Å². The molecule has 3 aliphatic rings. The van der Waals surface area contributed by atoms with Gasteiger partial charge in [0.1, 0.15) is 17.7 Å². The fourth-order valence-corrected chi connectivity index (χ4v) is 5.46. The molecule has 5 rings (SSSR count). The van der Waals surface area contributed by atoms with Gasteiger partial charge in [0.2, 0.25) is 5.88 Å². The summed E-state index contributed by atoms with van der Waals surface area (Å²) < 4.78 is 12.2. The predicted octanol–water partition coefficient (Wildman–Crippen LogP) is 3.01. The molecule has 1 aromatic carbocycles. The number of carbonyl (C=O) groups excluding carboxylic acids is 2. The Labute approximate surface area is 199 Å². The monoisotopic (exact) mass is 510 g/mol. The number of primary amides is 1. The van der Waals surface area contributed by atoms with E-state index >= 15 is 0 Å². The number of nitriles is 1. The van der Waals surface area contributed by atoms with Crippen LogP contribution in [0.3, 0.4) is 0 Å². The molecule has 0 radical (unpaired) electrons. The molecule has 3 N–H and O–H groups in total. The van der Waals surface area contributed by atoms with Crippen molar-refractivity contribution in [3.05, 3.63) is 56.7 Å². The summed E-state index contributed by atoms with van der Waals surface area (Å²) in [7, 11) is 0. The van der Waals surface area contributed by atoms with Crippen molar-refractivity contribution in [3.63, 3.8) is 0 Å². The molecule has 0 unspecified atom stereocenters. The SMILES string of the molecule is N#Cc1cc(C(=O)N[C@H]2CC3(C2)C[C@H](Oc2nc4c(cc2C(N)=O)COCC4)C3)ccc1Br. The van der Waals surface area contributed by atoms with Crippen LogP contribution in [0.4, 0.5) is 0 Å². The maximum absolute atomic E-state index is 12.5. The molecule has 2 saturated carbocycles. The molecular weight excluding hydrogens is 488 g/mol. The number of halogens is 1. The van der Waals surface area contributed by atoms with Crippen LogP contribution in [-0.4, -0.2) is 35.6 Å². The van der Waals surface area contributed by atoms with Crippen molar-refractivity contribution in [2.45, 2.75) is 50.9 Å². The molecule has 1 aromatic heterocycles. The second-order valence-corrected chi connectivity index (χ2v) is 10.0. The Bertz CT molecular complexity index is 1180. The molecule has 170 valence electrons. The van der Waals surface area contributed by atoms with Gasteiger partial charge in [-0.15, -0.1) is 0 Å². The Morgan fingerprint density at radius 2 is 2.06 bits per heavy atom. The number of pyridine rings is 1. The van der Waals surface area contributed by atoms with E-state index in [1.807, 2.05) is 0 Å². The predicted molar refractivity (Wildman–Crippen MR) is 122 cm³/mol. The van der Waals surface area contributed by atoms with Crippen LogP contribution in [-0.2, 0) is 17.8 Å². The fraction of sp³-hybridized carbons (Fsp3) is 0.417. The van der Waals surface area contributed by atoms with Crippen molar-refractivity contribution >= 4 is 27.7 Å². The van der Waals surface area contributed by atoms with Crippen LogP contribution in [0.5, 0.6) is 5.88 Å². The van der Waals surface area contributed by atoms with Crippen LogP contribution < -0.4 is 15.8 Å². The van der Waals surface area contributed by atoms with E-state index in [1.54, 1.807) is 24.3 Å². The number of carbonyl (C=O) groups is 2. The normalized spacial score (nSPS) is 25.2. The fourth-order valence-electron chi connectivity index (χ4n) is 5.12. The van der Waals surface area contributed by atoms with Crippen LogP contribution in [0.1, 0.15) is 63.2 Å². The van der Waals surface area contributed by atoms with E-state index in [1.165, 1.54) is 0 Å². The number of aromatic nitrogens is 1. The van der Waals surface area contributed by atoms with Crippen molar-refractivity contribution < 1.29 is 19.1 Å². The number of rotatable bonds is 5. The first-order chi connectivity index (χ1) is 15.9. The van der Waals surface area contributed by atoms with Gasteiger partial charge in [0.05, 0.1) is 24.5 Å². The Morgan fingerprint density at radius 1 is 1.27 bits per heavy atom. The van der Waals surface area contributed by atoms with Crippen LogP contribution in [0, 0.1) is 16.7 Å². The first kappa shape index (κ1) is 21.9. The summed E-state index contributed by atoms with van der Waals surface area (Å²) in [6.45, 7) is 1.04. The number of hydrogen-bond donors (Lipinski definition) is 2. The van der Waals surface area contributed by atoms with E-state index in [0.717, 1.165) is 36.9 Å². The third-order valence-electron chi connectivity index (χ3n) is 6.81. The molecule has 9 heteroatoms. The number of nitrogens with two attached hydrogens (primary N) is 1. The molecule has 2 fully saturated rings. The summed E-state index contributed by atoms with van der Waals surface area (Å²) in [6, 6.07) is 8.93. The van der Waals surface area contributed by atoms with Gasteiger partial charge in [0.15, 0.2) is 0 Å². The average molecular weight is 511 g/mol. The summed E-state index contributed by atoms with van der Waals surface area (Å²) in [4.78, 5) is 29.0. The molecule has 0 atom stereocenters. The number of ether oxygens (including phenoxy) is 2. The molecule has 1 spiro atoms. The smallest absolute Gasteiger partial charge is 0.254 e. The lowest BCUT2D eigenvalue weighted by atomic mass is 9.53. The number of amides is 2. The number of benzene rings is 1. The van der Waals surface area contributed by atoms with E-state index in [0.29, 0.717) is 46.7 Å². The van der Waals surface area contributed by atoms with Crippen LogP contribution in [0.15, 0.2) is 28.7 Å². The number of nitrogens with zero attached hydrogens (tertiary/aromatic N) is 2. The highest BCUT2D eigenvalue weighted by atomic mass is 79.9. The molecule has 2 aliphatic carbocycles. The summed E-state index contributed by atoms with van der Waals surface area (Å²) in [5.74, 6) is -0.408. The van der Waals surface area contributed by atoms with E-state index in [2.05, 4.69) is 32.3 Å². The topological polar surface area (TPSA) is 127 Å². The lowest BCUT2D eigenvalue weighted by molar-refractivity contribution is -0.0849. The van der Waals surface area contributed by atoms with Crippen molar-refractivity contribution in [2.24, 2.45) is 11.1 Å². The van der Waals surface area contributed by atoms with Gasteiger partial charge >= 0.3 is 0 Å². The zero-order chi connectivity index (χ0) is 23.2. The van der Waals surface area contributed by atoms with Crippen molar-refractivity contribution in [3.8, 4) is 11.9 Å². The molecule has 2 heterocycles. The maximum Gasteiger partial charge on any atom is 0.254 e. The summed E-state index contributed by atoms with van der Waals surface area (Å²) in [5.41, 5.74) is 8.71. The second kappa shape index (κ2) is 8.43. The van der Waals surface area contributed by atoms with Gasteiger partial charge in [-0.1, -0.05) is 0 Å². The Morgan fingerprint density at radius 3 is 2.79 bits per heavy atom. The van der Waals surface area contributed by atoms with Gasteiger partial charge in [-0.05, 0) is 71.3 Å². The second-order valence-electron chi connectivity index (χ2n) is 9.15. The Balaban J connectivity index is 1.16. The zero-order valence-corrected chi connectivity index (χ0v) is 19.5. The van der Waals surface area contributed by atoms with Crippen molar-refractivity contribution in [2.75, 3.05) is 6.61 Å². The van der Waals surface area contributed by atoms with E-state index < -0.39 is 5.91 Å². The molecule has 1 aliphatic heterocycles. The highest BCUT2D eigenvalue weighted by molar-refractivity contribution is 9.10. The molecule has 33 heavy (non-hydrogen) atoms. The minimum Gasteiger partial charge on any atom is -0.474 e. The molecule has 2 amide bonds. The Hall–Kier alpha value is -2.96. The zero-order valence-electron chi connectivity index (χ0n) is 17.9.